The Morgan fingerprint density at radius 1 is 1.55 bits per heavy atom. The largest absolute Gasteiger partial charge is 0.427 e. The van der Waals surface area contributed by atoms with Crippen LogP contribution in [0, 0.1) is 0 Å². The Bertz CT molecular complexity index is 256. The highest BCUT2D eigenvalue weighted by molar-refractivity contribution is 6.27. The number of oxazole rings is 1. The molecule has 0 amide bonds. The van der Waals surface area contributed by atoms with Crippen LogP contribution < -0.4 is 0 Å². The number of hydrogen-bond acceptors (Lipinski definition) is 4. The summed E-state index contributed by atoms with van der Waals surface area (Å²) in [5.74, 6) is 0.508. The normalized spacial score (nSPS) is 30.0. The van der Waals surface area contributed by atoms with Gasteiger partial charge < -0.3 is 13.9 Å². The molecule has 0 radical (unpaired) electrons. The van der Waals surface area contributed by atoms with Gasteiger partial charge in [-0.25, -0.2) is 4.98 Å². The van der Waals surface area contributed by atoms with Gasteiger partial charge >= 0.3 is 0 Å². The quantitative estimate of drug-likeness (QED) is 0.652. The van der Waals surface area contributed by atoms with Crippen LogP contribution in [0.4, 0.5) is 0 Å². The van der Waals surface area contributed by atoms with E-state index in [1.807, 2.05) is 0 Å². The maximum atomic E-state index is 5.43. The Morgan fingerprint density at radius 3 is 2.73 bits per heavy atom. The highest BCUT2D eigenvalue weighted by Gasteiger charge is 2.31. The van der Waals surface area contributed by atoms with Crippen molar-refractivity contribution in [3.8, 4) is 0 Å². The summed E-state index contributed by atoms with van der Waals surface area (Å²) in [5, 5.41) is 0.103. The van der Waals surface area contributed by atoms with E-state index in [1.165, 1.54) is 6.20 Å². The van der Waals surface area contributed by atoms with Gasteiger partial charge in [0.1, 0.15) is 0 Å². The fourth-order valence-electron chi connectivity index (χ4n) is 0.866. The van der Waals surface area contributed by atoms with Crippen molar-refractivity contribution in [1.29, 1.82) is 0 Å². The van der Waals surface area contributed by atoms with E-state index < -0.39 is 6.29 Å². The van der Waals surface area contributed by atoms with E-state index in [1.54, 1.807) is 6.92 Å². The summed E-state index contributed by atoms with van der Waals surface area (Å²) in [4.78, 5) is 3.68. The van der Waals surface area contributed by atoms with Crippen LogP contribution in [0.3, 0.4) is 0 Å². The number of aromatic nitrogens is 1. The van der Waals surface area contributed by atoms with E-state index in [9.17, 15) is 0 Å². The summed E-state index contributed by atoms with van der Waals surface area (Å²) in [7, 11) is 0. The molecule has 0 N–H and O–H groups in total. The zero-order valence-corrected chi connectivity index (χ0v) is 6.54. The molecule has 1 aromatic heterocycles. The van der Waals surface area contributed by atoms with Crippen molar-refractivity contribution in [1.82, 2.24) is 4.98 Å². The van der Waals surface area contributed by atoms with Gasteiger partial charge in [0.25, 0.3) is 5.35 Å². The van der Waals surface area contributed by atoms with Crippen LogP contribution in [-0.2, 0) is 9.47 Å². The highest BCUT2D eigenvalue weighted by Crippen LogP contribution is 2.32. The molecule has 0 spiro atoms. The van der Waals surface area contributed by atoms with Gasteiger partial charge in [-0.15, -0.1) is 0 Å². The molecule has 2 heterocycles. The third-order valence-electron chi connectivity index (χ3n) is 1.36. The van der Waals surface area contributed by atoms with Crippen molar-refractivity contribution in [2.75, 3.05) is 0 Å². The molecule has 1 aromatic rings. The predicted octanol–water partition coefficient (Wildman–Crippen LogP) is 1.72. The Kier molecular flexibility index (Phi) is 1.60. The number of hydrogen-bond donors (Lipinski definition) is 0. The molecule has 5 heteroatoms. The first kappa shape index (κ1) is 7.09. The predicted molar refractivity (Wildman–Crippen MR) is 35.9 cm³/mol. The highest BCUT2D eigenvalue weighted by atomic mass is 35.5. The lowest BCUT2D eigenvalue weighted by Gasteiger charge is -2.31. The van der Waals surface area contributed by atoms with Crippen molar-refractivity contribution in [3.05, 3.63) is 17.3 Å². The smallest absolute Gasteiger partial charge is 0.292 e. The van der Waals surface area contributed by atoms with Gasteiger partial charge in [-0.3, -0.25) is 0 Å². The first-order valence-corrected chi connectivity index (χ1v) is 3.55. The van der Waals surface area contributed by atoms with Crippen molar-refractivity contribution >= 4 is 11.6 Å². The summed E-state index contributed by atoms with van der Waals surface area (Å²) in [6.07, 6.45) is 0.896. The average Bonchev–Trinajstić information content (AvgIpc) is 2.29. The van der Waals surface area contributed by atoms with Gasteiger partial charge in [-0.2, -0.15) is 0 Å². The summed E-state index contributed by atoms with van der Waals surface area (Å²) in [6, 6.07) is 0. The molecule has 0 aromatic carbocycles. The third-order valence-corrected chi connectivity index (χ3v) is 1.53. The zero-order chi connectivity index (χ0) is 7.84. The van der Waals surface area contributed by atoms with E-state index in [-0.39, 0.29) is 11.6 Å². The lowest BCUT2D eigenvalue weighted by molar-refractivity contribution is -0.387. The second-order valence-corrected chi connectivity index (χ2v) is 2.51. The maximum Gasteiger partial charge on any atom is 0.292 e. The fraction of sp³-hybridized carbons (Fsp3) is 0.500. The fourth-order valence-corrected chi connectivity index (χ4v) is 1.00. The molecule has 2 rings (SSSR count). The lowest BCUT2D eigenvalue weighted by Crippen LogP contribution is -2.31. The van der Waals surface area contributed by atoms with Gasteiger partial charge in [0, 0.05) is 0 Å². The third kappa shape index (κ3) is 1.24. The minimum Gasteiger partial charge on any atom is -0.427 e. The molecule has 11 heavy (non-hydrogen) atoms. The van der Waals surface area contributed by atoms with Crippen LogP contribution in [-0.4, -0.2) is 11.3 Å². The van der Waals surface area contributed by atoms with Crippen LogP contribution in [0.15, 0.2) is 10.6 Å². The first-order chi connectivity index (χ1) is 5.25. The maximum absolute atomic E-state index is 5.43. The van der Waals surface area contributed by atoms with Crippen molar-refractivity contribution in [3.63, 3.8) is 0 Å². The zero-order valence-electron chi connectivity index (χ0n) is 5.78. The molecule has 0 atom stereocenters. The standard InChI is InChI=1S/C6H6ClNO3/c1-3-9-5(10-3)4-2-8-6(7)11-4/h2-3,5H,1H3. The van der Waals surface area contributed by atoms with Crippen LogP contribution in [0.1, 0.15) is 19.0 Å². The molecule has 0 aliphatic carbocycles. The summed E-state index contributed by atoms with van der Waals surface area (Å²) < 4.78 is 15.2. The van der Waals surface area contributed by atoms with Crippen molar-refractivity contribution in [2.45, 2.75) is 19.5 Å². The number of ether oxygens (including phenoxy) is 2. The molecule has 0 saturated carbocycles. The van der Waals surface area contributed by atoms with Gasteiger partial charge in [0.05, 0.1) is 6.20 Å². The Hall–Kier alpha value is -0.580. The first-order valence-electron chi connectivity index (χ1n) is 3.18. The van der Waals surface area contributed by atoms with Crippen LogP contribution >= 0.6 is 11.6 Å². The number of halogens is 1. The molecule has 60 valence electrons. The molecular weight excluding hydrogens is 170 g/mol. The molecule has 1 fully saturated rings. The minimum atomic E-state index is -0.426. The van der Waals surface area contributed by atoms with Crippen LogP contribution in [0.2, 0.25) is 5.35 Å². The number of rotatable bonds is 1. The van der Waals surface area contributed by atoms with E-state index >= 15 is 0 Å². The minimum absolute atomic E-state index is 0.103. The molecule has 1 saturated heterocycles. The van der Waals surface area contributed by atoms with Gasteiger partial charge in [-0.05, 0) is 18.5 Å². The van der Waals surface area contributed by atoms with Crippen molar-refractivity contribution < 1.29 is 13.9 Å². The molecular formula is C6H6ClNO3. The second kappa shape index (κ2) is 2.48. The van der Waals surface area contributed by atoms with Gasteiger partial charge in [-0.1, -0.05) is 0 Å². The lowest BCUT2D eigenvalue weighted by atomic mass is 10.4. The van der Waals surface area contributed by atoms with Crippen LogP contribution in [0.5, 0.6) is 0 Å². The second-order valence-electron chi connectivity index (χ2n) is 2.19. The van der Waals surface area contributed by atoms with Crippen molar-refractivity contribution in [2.24, 2.45) is 0 Å². The molecule has 0 bridgehead atoms. The van der Waals surface area contributed by atoms with Gasteiger partial charge in [0.2, 0.25) is 6.29 Å². The van der Waals surface area contributed by atoms with Crippen LogP contribution in [0.25, 0.3) is 0 Å². The topological polar surface area (TPSA) is 44.5 Å². The summed E-state index contributed by atoms with van der Waals surface area (Å²) >= 11 is 5.43. The Morgan fingerprint density at radius 2 is 2.27 bits per heavy atom. The Labute approximate surface area is 68.1 Å². The SMILES string of the molecule is CC1OC(c2cnc(Cl)o2)O1. The molecule has 1 aliphatic rings. The molecule has 0 unspecified atom stereocenters. The van der Waals surface area contributed by atoms with E-state index in [0.29, 0.717) is 5.76 Å². The van der Waals surface area contributed by atoms with Gasteiger partial charge in [0.15, 0.2) is 12.1 Å². The summed E-state index contributed by atoms with van der Waals surface area (Å²) in [5.41, 5.74) is 0. The summed E-state index contributed by atoms with van der Waals surface area (Å²) in [6.45, 7) is 1.80. The molecule has 4 nitrogen and oxygen atoms in total. The number of nitrogens with zero attached hydrogens (tertiary/aromatic N) is 1. The monoisotopic (exact) mass is 175 g/mol. The Balaban J connectivity index is 2.07. The average molecular weight is 176 g/mol. The molecule has 1 aliphatic heterocycles. The van der Waals surface area contributed by atoms with E-state index in [0.717, 1.165) is 0 Å². The van der Waals surface area contributed by atoms with E-state index in [2.05, 4.69) is 4.98 Å². The van der Waals surface area contributed by atoms with E-state index in [4.69, 9.17) is 25.5 Å².